The number of aliphatic hydroxyl groups excluding tert-OH is 2. The van der Waals surface area contributed by atoms with Gasteiger partial charge in [0, 0.05) is 48.5 Å². The quantitative estimate of drug-likeness (QED) is 0.302. The van der Waals surface area contributed by atoms with E-state index in [1.165, 1.54) is 4.31 Å². The Balaban J connectivity index is 1.51. The van der Waals surface area contributed by atoms with Crippen molar-refractivity contribution in [1.82, 2.24) is 19.8 Å². The molecule has 2 aromatic rings. The van der Waals surface area contributed by atoms with Crippen LogP contribution in [0.5, 0.6) is 0 Å². The number of hydrogen-bond acceptors (Lipinski definition) is 7. The third kappa shape index (κ3) is 9.09. The van der Waals surface area contributed by atoms with E-state index >= 15 is 0 Å². The summed E-state index contributed by atoms with van der Waals surface area (Å²) in [6.45, 7) is 6.11. The van der Waals surface area contributed by atoms with E-state index in [1.807, 2.05) is 69.3 Å². The molecule has 10 nitrogen and oxygen atoms in total. The summed E-state index contributed by atoms with van der Waals surface area (Å²) in [4.78, 5) is 28.8. The zero-order valence-electron chi connectivity index (χ0n) is 25.2. The van der Waals surface area contributed by atoms with Crippen LogP contribution in [0.3, 0.4) is 0 Å². The lowest BCUT2D eigenvalue weighted by Crippen LogP contribution is -2.62. The minimum atomic E-state index is -3.50. The fourth-order valence-electron chi connectivity index (χ4n) is 5.91. The van der Waals surface area contributed by atoms with Crippen molar-refractivity contribution in [3.63, 3.8) is 0 Å². The van der Waals surface area contributed by atoms with Gasteiger partial charge in [0.2, 0.25) is 21.8 Å². The Labute approximate surface area is 263 Å². The molecular formula is C31H43BrN4O6S. The lowest BCUT2D eigenvalue weighted by atomic mass is 9.91. The van der Waals surface area contributed by atoms with Crippen LogP contribution < -0.4 is 10.6 Å². The van der Waals surface area contributed by atoms with E-state index in [-0.39, 0.29) is 44.4 Å². The van der Waals surface area contributed by atoms with Crippen LogP contribution in [0.25, 0.3) is 0 Å². The van der Waals surface area contributed by atoms with Gasteiger partial charge in [-0.05, 0) is 62.4 Å². The SMILES string of the molecule is CC(C)(C)NC(=O)[C@@H]1CN(S(C)(=O)=O)CCN1C[C@@H](O)C[C@@H](Cc1ccccc1)C(=O)N[C@H]1c2cc(Br)ccc2C[C@H]1O. The average Bonchev–Trinajstić information content (AvgIpc) is 3.21. The van der Waals surface area contributed by atoms with Gasteiger partial charge in [0.15, 0.2) is 0 Å². The van der Waals surface area contributed by atoms with Crippen molar-refractivity contribution >= 4 is 37.8 Å². The number of halogens is 1. The van der Waals surface area contributed by atoms with E-state index in [0.29, 0.717) is 12.8 Å². The van der Waals surface area contributed by atoms with E-state index in [1.54, 1.807) is 4.90 Å². The monoisotopic (exact) mass is 678 g/mol. The highest BCUT2D eigenvalue weighted by Crippen LogP contribution is 2.34. The van der Waals surface area contributed by atoms with E-state index < -0.39 is 45.8 Å². The summed E-state index contributed by atoms with van der Waals surface area (Å²) < 4.78 is 26.7. The third-order valence-electron chi connectivity index (χ3n) is 7.98. The number of sulfonamides is 1. The zero-order chi connectivity index (χ0) is 31.5. The molecule has 1 fully saturated rings. The van der Waals surface area contributed by atoms with E-state index in [4.69, 9.17) is 0 Å². The molecule has 1 saturated heterocycles. The highest BCUT2D eigenvalue weighted by molar-refractivity contribution is 9.10. The van der Waals surface area contributed by atoms with Gasteiger partial charge in [0.1, 0.15) is 6.04 Å². The van der Waals surface area contributed by atoms with Crippen LogP contribution >= 0.6 is 15.9 Å². The maximum atomic E-state index is 13.8. The number of rotatable bonds is 10. The Bertz CT molecular complexity index is 1400. The highest BCUT2D eigenvalue weighted by Gasteiger charge is 2.39. The summed E-state index contributed by atoms with van der Waals surface area (Å²) in [6, 6.07) is 14.0. The number of aliphatic hydroxyl groups is 2. The molecule has 1 aliphatic carbocycles. The van der Waals surface area contributed by atoms with Crippen molar-refractivity contribution in [1.29, 1.82) is 0 Å². The van der Waals surface area contributed by atoms with Crippen LogP contribution in [0.2, 0.25) is 0 Å². The first-order valence-corrected chi connectivity index (χ1v) is 17.2. The third-order valence-corrected chi connectivity index (χ3v) is 9.74. The molecule has 0 aromatic heterocycles. The predicted octanol–water partition coefficient (Wildman–Crippen LogP) is 1.99. The number of hydrogen-bond donors (Lipinski definition) is 4. The molecule has 2 aliphatic rings. The number of nitrogens with zero attached hydrogens (tertiary/aromatic N) is 2. The predicted molar refractivity (Wildman–Crippen MR) is 169 cm³/mol. The Morgan fingerprint density at radius 2 is 1.81 bits per heavy atom. The molecule has 43 heavy (non-hydrogen) atoms. The van der Waals surface area contributed by atoms with Gasteiger partial charge >= 0.3 is 0 Å². The lowest BCUT2D eigenvalue weighted by Gasteiger charge is -2.41. The van der Waals surface area contributed by atoms with E-state index in [2.05, 4.69) is 26.6 Å². The van der Waals surface area contributed by atoms with Gasteiger partial charge in [0.25, 0.3) is 0 Å². The van der Waals surface area contributed by atoms with Gasteiger partial charge in [-0.3, -0.25) is 14.5 Å². The zero-order valence-corrected chi connectivity index (χ0v) is 27.6. The standard InChI is InChI=1S/C31H43BrN4O6S/c1-31(2,3)34-30(40)26-19-36(43(4,41)42)13-12-35(26)18-24(37)15-22(14-20-8-6-5-7-9-20)29(39)33-28-25-17-23(32)11-10-21(25)16-27(28)38/h5-11,17,22,24,26-28,37-38H,12-16,18-19H2,1-4H3,(H,33,39)(H,34,40)/t22-,24+,26+,27-,28+/m1/s1. The van der Waals surface area contributed by atoms with Crippen LogP contribution in [0.15, 0.2) is 53.0 Å². The molecule has 0 radical (unpaired) electrons. The summed E-state index contributed by atoms with van der Waals surface area (Å²) in [6.07, 6.45) is 0.342. The first-order valence-electron chi connectivity index (χ1n) is 14.6. The van der Waals surface area contributed by atoms with Crippen molar-refractivity contribution in [2.75, 3.05) is 32.4 Å². The molecule has 5 atom stereocenters. The minimum Gasteiger partial charge on any atom is -0.392 e. The van der Waals surface area contributed by atoms with Crippen molar-refractivity contribution in [2.45, 2.75) is 69.9 Å². The molecule has 0 saturated carbocycles. The molecule has 0 unspecified atom stereocenters. The van der Waals surface area contributed by atoms with Crippen LogP contribution in [-0.2, 0) is 32.5 Å². The van der Waals surface area contributed by atoms with E-state index in [0.717, 1.165) is 27.4 Å². The summed E-state index contributed by atoms with van der Waals surface area (Å²) >= 11 is 3.48. The molecule has 4 N–H and O–H groups in total. The second-order valence-corrected chi connectivity index (χ2v) is 15.6. The maximum Gasteiger partial charge on any atom is 0.239 e. The van der Waals surface area contributed by atoms with Gasteiger partial charge in [-0.25, -0.2) is 8.42 Å². The minimum absolute atomic E-state index is 0.0179. The van der Waals surface area contributed by atoms with Gasteiger partial charge in [-0.1, -0.05) is 52.3 Å². The summed E-state index contributed by atoms with van der Waals surface area (Å²) in [5.74, 6) is -1.20. The molecule has 2 aromatic carbocycles. The Kier molecular flexibility index (Phi) is 10.7. The fraction of sp³-hybridized carbons (Fsp3) is 0.548. The maximum absolute atomic E-state index is 13.8. The number of nitrogens with one attached hydrogen (secondary N) is 2. The molecule has 236 valence electrons. The highest BCUT2D eigenvalue weighted by atomic mass is 79.9. The average molecular weight is 680 g/mol. The molecule has 0 spiro atoms. The first-order chi connectivity index (χ1) is 20.1. The normalized spacial score (nSPS) is 22.9. The van der Waals surface area contributed by atoms with Crippen molar-refractivity contribution in [2.24, 2.45) is 5.92 Å². The summed E-state index contributed by atoms with van der Waals surface area (Å²) in [5.41, 5.74) is 2.26. The van der Waals surface area contributed by atoms with Gasteiger partial charge in [-0.15, -0.1) is 0 Å². The topological polar surface area (TPSA) is 139 Å². The number of benzene rings is 2. The number of carbonyl (C=O) groups excluding carboxylic acids is 2. The summed E-state index contributed by atoms with van der Waals surface area (Å²) in [5, 5.41) is 28.1. The van der Waals surface area contributed by atoms with Crippen LogP contribution in [0, 0.1) is 5.92 Å². The van der Waals surface area contributed by atoms with E-state index in [9.17, 15) is 28.2 Å². The van der Waals surface area contributed by atoms with Crippen molar-refractivity contribution < 1.29 is 28.2 Å². The second-order valence-electron chi connectivity index (χ2n) is 12.7. The largest absolute Gasteiger partial charge is 0.392 e. The fourth-order valence-corrected chi connectivity index (χ4v) is 7.11. The Hall–Kier alpha value is -2.35. The van der Waals surface area contributed by atoms with Crippen molar-refractivity contribution in [3.8, 4) is 0 Å². The second kappa shape index (κ2) is 13.7. The number of amides is 2. The molecular weight excluding hydrogens is 636 g/mol. The smallest absolute Gasteiger partial charge is 0.239 e. The van der Waals surface area contributed by atoms with Crippen molar-refractivity contribution in [3.05, 3.63) is 69.7 Å². The van der Waals surface area contributed by atoms with Crippen LogP contribution in [-0.4, -0.2) is 95.9 Å². The Morgan fingerprint density at radius 3 is 2.47 bits per heavy atom. The number of fused-ring (bicyclic) bond motifs is 1. The van der Waals surface area contributed by atoms with Gasteiger partial charge in [0.05, 0.1) is 24.5 Å². The molecule has 0 bridgehead atoms. The molecule has 1 aliphatic heterocycles. The number of carbonyl (C=O) groups is 2. The molecule has 1 heterocycles. The first kappa shape index (κ1) is 33.5. The lowest BCUT2D eigenvalue weighted by molar-refractivity contribution is -0.131. The molecule has 12 heteroatoms. The van der Waals surface area contributed by atoms with Crippen LogP contribution in [0.1, 0.15) is 49.9 Å². The molecule has 4 rings (SSSR count). The van der Waals surface area contributed by atoms with Gasteiger partial charge < -0.3 is 20.8 Å². The number of piperazine rings is 1. The summed E-state index contributed by atoms with van der Waals surface area (Å²) in [7, 11) is -3.50. The van der Waals surface area contributed by atoms with Gasteiger partial charge in [-0.2, -0.15) is 4.31 Å². The Morgan fingerprint density at radius 1 is 1.12 bits per heavy atom. The van der Waals surface area contributed by atoms with Crippen LogP contribution in [0.4, 0.5) is 0 Å². The molecule has 2 amide bonds. The number of β-amino-alcohol motifs (C(OH)–C–C–N with tert-alkyl or cyclic N) is 1.